The second-order valence-electron chi connectivity index (χ2n) is 7.47. The van der Waals surface area contributed by atoms with E-state index < -0.39 is 0 Å². The highest BCUT2D eigenvalue weighted by molar-refractivity contribution is 5.93. The number of nitrogens with zero attached hydrogens (tertiary/aromatic N) is 2. The zero-order valence-electron chi connectivity index (χ0n) is 15.6. The number of hydrogen-bond donors (Lipinski definition) is 1. The predicted octanol–water partition coefficient (Wildman–Crippen LogP) is 2.96. The van der Waals surface area contributed by atoms with Gasteiger partial charge in [0.15, 0.2) is 0 Å². The minimum atomic E-state index is -0.00328. The van der Waals surface area contributed by atoms with Crippen molar-refractivity contribution < 1.29 is 14.0 Å². The molecule has 3 amide bonds. The summed E-state index contributed by atoms with van der Waals surface area (Å²) in [5.74, 6) is -0.00328. The van der Waals surface area contributed by atoms with Crippen LogP contribution in [-0.4, -0.2) is 47.4 Å². The van der Waals surface area contributed by atoms with E-state index in [4.69, 9.17) is 4.42 Å². The Bertz CT molecular complexity index is 823. The van der Waals surface area contributed by atoms with Crippen LogP contribution in [0.25, 0.3) is 0 Å². The molecule has 0 saturated carbocycles. The van der Waals surface area contributed by atoms with Crippen LogP contribution in [0.3, 0.4) is 0 Å². The fourth-order valence-electron chi connectivity index (χ4n) is 3.92. The van der Waals surface area contributed by atoms with Crippen molar-refractivity contribution in [1.82, 2.24) is 15.1 Å². The Morgan fingerprint density at radius 3 is 2.63 bits per heavy atom. The molecule has 3 heterocycles. The normalized spacial score (nSPS) is 17.5. The summed E-state index contributed by atoms with van der Waals surface area (Å²) in [7, 11) is 0. The monoisotopic (exact) mass is 367 g/mol. The van der Waals surface area contributed by atoms with Gasteiger partial charge in [-0.1, -0.05) is 23.8 Å². The van der Waals surface area contributed by atoms with Gasteiger partial charge in [-0.2, -0.15) is 0 Å². The summed E-state index contributed by atoms with van der Waals surface area (Å²) in [6.45, 7) is 4.82. The Kier molecular flexibility index (Phi) is 4.88. The molecule has 1 aromatic heterocycles. The van der Waals surface area contributed by atoms with Gasteiger partial charge in [-0.25, -0.2) is 4.79 Å². The first-order valence-electron chi connectivity index (χ1n) is 9.55. The van der Waals surface area contributed by atoms with Crippen LogP contribution in [0.5, 0.6) is 0 Å². The summed E-state index contributed by atoms with van der Waals surface area (Å²) in [5.41, 5.74) is 4.44. The number of fused-ring (bicyclic) bond motifs is 1. The maximum Gasteiger partial charge on any atom is 0.317 e. The van der Waals surface area contributed by atoms with Gasteiger partial charge in [-0.15, -0.1) is 0 Å². The first-order valence-corrected chi connectivity index (χ1v) is 9.55. The number of amides is 3. The highest BCUT2D eigenvalue weighted by Crippen LogP contribution is 2.21. The minimum Gasteiger partial charge on any atom is -0.472 e. The van der Waals surface area contributed by atoms with Crippen LogP contribution in [0, 0.1) is 6.92 Å². The lowest BCUT2D eigenvalue weighted by atomic mass is 9.98. The quantitative estimate of drug-likeness (QED) is 0.887. The Labute approximate surface area is 159 Å². The van der Waals surface area contributed by atoms with Gasteiger partial charge >= 0.3 is 6.03 Å². The molecule has 142 valence electrons. The Morgan fingerprint density at radius 2 is 1.89 bits per heavy atom. The number of rotatable bonds is 2. The average Bonchev–Trinajstić information content (AvgIpc) is 3.22. The van der Waals surface area contributed by atoms with Crippen molar-refractivity contribution in [3.8, 4) is 0 Å². The Balaban J connectivity index is 1.28. The molecule has 0 spiro atoms. The molecule has 2 aliphatic rings. The molecule has 27 heavy (non-hydrogen) atoms. The van der Waals surface area contributed by atoms with E-state index >= 15 is 0 Å². The Morgan fingerprint density at radius 1 is 1.07 bits per heavy atom. The second-order valence-corrected chi connectivity index (χ2v) is 7.47. The summed E-state index contributed by atoms with van der Waals surface area (Å²) >= 11 is 0. The number of urea groups is 1. The number of furan rings is 1. The molecule has 4 rings (SSSR count). The van der Waals surface area contributed by atoms with Gasteiger partial charge in [-0.3, -0.25) is 4.79 Å². The number of carbonyl (C=O) groups is 2. The molecule has 1 N–H and O–H groups in total. The summed E-state index contributed by atoms with van der Waals surface area (Å²) in [5, 5.41) is 3.16. The molecular formula is C21H25N3O3. The van der Waals surface area contributed by atoms with Crippen molar-refractivity contribution >= 4 is 11.9 Å². The molecule has 2 aromatic rings. The van der Waals surface area contributed by atoms with E-state index in [1.807, 2.05) is 9.80 Å². The molecule has 0 bridgehead atoms. The van der Waals surface area contributed by atoms with Crippen LogP contribution < -0.4 is 5.32 Å². The zero-order valence-corrected chi connectivity index (χ0v) is 15.6. The van der Waals surface area contributed by atoms with Gasteiger partial charge < -0.3 is 19.5 Å². The smallest absolute Gasteiger partial charge is 0.317 e. The second kappa shape index (κ2) is 7.47. The number of piperidine rings is 1. The Hall–Kier alpha value is -2.76. The maximum absolute atomic E-state index is 12.7. The van der Waals surface area contributed by atoms with E-state index in [1.54, 1.807) is 6.07 Å². The van der Waals surface area contributed by atoms with E-state index in [0.717, 1.165) is 25.8 Å². The number of carbonyl (C=O) groups excluding carboxylic acids is 2. The third kappa shape index (κ3) is 3.84. The molecule has 1 saturated heterocycles. The largest absolute Gasteiger partial charge is 0.472 e. The molecule has 1 fully saturated rings. The third-order valence-electron chi connectivity index (χ3n) is 5.54. The molecule has 0 aliphatic carbocycles. The molecular weight excluding hydrogens is 342 g/mol. The van der Waals surface area contributed by atoms with Crippen LogP contribution in [0.2, 0.25) is 0 Å². The van der Waals surface area contributed by atoms with Crippen molar-refractivity contribution in [1.29, 1.82) is 0 Å². The first kappa shape index (κ1) is 17.6. The number of hydrogen-bond acceptors (Lipinski definition) is 3. The van der Waals surface area contributed by atoms with Gasteiger partial charge in [0.1, 0.15) is 6.26 Å². The van der Waals surface area contributed by atoms with Gasteiger partial charge in [0, 0.05) is 32.2 Å². The number of aryl methyl sites for hydroxylation is 1. The molecule has 6 nitrogen and oxygen atoms in total. The fourth-order valence-corrected chi connectivity index (χ4v) is 3.92. The highest BCUT2D eigenvalue weighted by Gasteiger charge is 2.27. The van der Waals surface area contributed by atoms with E-state index in [0.29, 0.717) is 25.2 Å². The van der Waals surface area contributed by atoms with E-state index in [9.17, 15) is 9.59 Å². The van der Waals surface area contributed by atoms with Crippen LogP contribution in [0.15, 0.2) is 41.2 Å². The molecule has 0 unspecified atom stereocenters. The van der Waals surface area contributed by atoms with Crippen molar-refractivity contribution in [3.05, 3.63) is 59.0 Å². The first-order chi connectivity index (χ1) is 13.1. The maximum atomic E-state index is 12.7. The summed E-state index contributed by atoms with van der Waals surface area (Å²) in [6.07, 6.45) is 5.45. The lowest BCUT2D eigenvalue weighted by molar-refractivity contribution is 0.0705. The average molecular weight is 367 g/mol. The van der Waals surface area contributed by atoms with E-state index in [-0.39, 0.29) is 18.0 Å². The molecule has 1 aromatic carbocycles. The lowest BCUT2D eigenvalue weighted by Crippen LogP contribution is -2.51. The van der Waals surface area contributed by atoms with Crippen LogP contribution >= 0.6 is 0 Å². The van der Waals surface area contributed by atoms with Gasteiger partial charge in [0.25, 0.3) is 5.91 Å². The van der Waals surface area contributed by atoms with E-state index in [2.05, 4.69) is 30.4 Å². The van der Waals surface area contributed by atoms with Gasteiger partial charge in [0.2, 0.25) is 0 Å². The van der Waals surface area contributed by atoms with Gasteiger partial charge in [-0.05, 0) is 43.4 Å². The van der Waals surface area contributed by atoms with E-state index in [1.165, 1.54) is 29.2 Å². The van der Waals surface area contributed by atoms with Crippen molar-refractivity contribution in [2.24, 2.45) is 0 Å². The van der Waals surface area contributed by atoms with Crippen LogP contribution in [0.4, 0.5) is 4.79 Å². The SMILES string of the molecule is Cc1ccc2c(c1)CCN(C(=O)NC1CCN(C(=O)c3ccoc3)CC1)C2. The van der Waals surface area contributed by atoms with Gasteiger partial charge in [0.05, 0.1) is 11.8 Å². The topological polar surface area (TPSA) is 65.8 Å². The zero-order chi connectivity index (χ0) is 18.8. The summed E-state index contributed by atoms with van der Waals surface area (Å²) < 4.78 is 4.99. The van der Waals surface area contributed by atoms with Crippen molar-refractivity contribution in [2.45, 2.75) is 38.8 Å². The number of nitrogens with one attached hydrogen (secondary N) is 1. The van der Waals surface area contributed by atoms with Crippen molar-refractivity contribution in [3.63, 3.8) is 0 Å². The molecule has 2 aliphatic heterocycles. The standard InChI is InChI=1S/C21H25N3O3/c1-15-2-3-17-13-24(8-4-16(17)12-15)21(26)22-19-5-9-23(10-6-19)20(25)18-7-11-27-14-18/h2-3,7,11-12,14,19H,4-6,8-10,13H2,1H3,(H,22,26). The molecule has 0 atom stereocenters. The van der Waals surface area contributed by atoms with Crippen LogP contribution in [-0.2, 0) is 13.0 Å². The molecule has 6 heteroatoms. The predicted molar refractivity (Wildman–Crippen MR) is 101 cm³/mol. The lowest BCUT2D eigenvalue weighted by Gasteiger charge is -2.35. The fraction of sp³-hybridized carbons (Fsp3) is 0.429. The number of benzene rings is 1. The highest BCUT2D eigenvalue weighted by atomic mass is 16.3. The molecule has 0 radical (unpaired) electrons. The third-order valence-corrected chi connectivity index (χ3v) is 5.54. The van der Waals surface area contributed by atoms with Crippen molar-refractivity contribution in [2.75, 3.05) is 19.6 Å². The number of likely N-dealkylation sites (tertiary alicyclic amines) is 1. The summed E-state index contributed by atoms with van der Waals surface area (Å²) in [4.78, 5) is 28.7. The summed E-state index contributed by atoms with van der Waals surface area (Å²) in [6, 6.07) is 8.26. The minimum absolute atomic E-state index is 0.000774. The van der Waals surface area contributed by atoms with Crippen LogP contribution in [0.1, 0.15) is 39.9 Å².